The van der Waals surface area contributed by atoms with Crippen molar-refractivity contribution in [3.8, 4) is 0 Å². The second-order valence-corrected chi connectivity index (χ2v) is 3.82. The highest BCUT2D eigenvalue weighted by Crippen LogP contribution is 2.23. The third-order valence-electron chi connectivity index (χ3n) is 2.37. The van der Waals surface area contributed by atoms with Crippen molar-refractivity contribution in [1.29, 1.82) is 0 Å². The van der Waals surface area contributed by atoms with Crippen molar-refractivity contribution in [2.24, 2.45) is 10.7 Å². The van der Waals surface area contributed by atoms with Gasteiger partial charge in [-0.2, -0.15) is 0 Å². The third-order valence-corrected chi connectivity index (χ3v) is 2.37. The molecule has 1 fully saturated rings. The van der Waals surface area contributed by atoms with Crippen LogP contribution in [0.3, 0.4) is 0 Å². The Hall–Kier alpha value is -0.730. The van der Waals surface area contributed by atoms with Gasteiger partial charge in [0.05, 0.1) is 12.1 Å². The molecule has 0 radical (unpaired) electrons. The van der Waals surface area contributed by atoms with Gasteiger partial charge in [0.2, 0.25) is 0 Å². The van der Waals surface area contributed by atoms with E-state index in [1.54, 1.807) is 0 Å². The highest BCUT2D eigenvalue weighted by Gasteiger charge is 2.29. The van der Waals surface area contributed by atoms with Crippen molar-refractivity contribution < 1.29 is 0 Å². The van der Waals surface area contributed by atoms with Crippen molar-refractivity contribution in [2.75, 3.05) is 0 Å². The standard InChI is InChI=1S/C7H13N3.C3H8/c8-7-9-5-3-1-2-4-6(5)10-7;1-3-2/h5-6H,1-4H2,(H3,8,9,10);3H2,1-2H3. The molecule has 2 unspecified atom stereocenters. The van der Waals surface area contributed by atoms with Crippen LogP contribution in [0.5, 0.6) is 0 Å². The Morgan fingerprint density at radius 1 is 1.38 bits per heavy atom. The van der Waals surface area contributed by atoms with Gasteiger partial charge in [-0.15, -0.1) is 0 Å². The summed E-state index contributed by atoms with van der Waals surface area (Å²) in [5, 5.41) is 3.18. The van der Waals surface area contributed by atoms with E-state index in [0.717, 1.165) is 0 Å². The molecule has 0 bridgehead atoms. The zero-order valence-electron chi connectivity index (χ0n) is 8.71. The molecule has 0 amide bonds. The molecule has 1 saturated carbocycles. The van der Waals surface area contributed by atoms with Crippen molar-refractivity contribution in [1.82, 2.24) is 5.32 Å². The van der Waals surface area contributed by atoms with Crippen molar-refractivity contribution >= 4 is 5.96 Å². The quantitative estimate of drug-likeness (QED) is 0.599. The SMILES string of the molecule is CCC.NC1=NC2CCCCC2N1. The number of nitrogens with zero attached hydrogens (tertiary/aromatic N) is 1. The molecule has 0 saturated heterocycles. The fourth-order valence-electron chi connectivity index (χ4n) is 1.84. The second kappa shape index (κ2) is 5.10. The largest absolute Gasteiger partial charge is 0.370 e. The van der Waals surface area contributed by atoms with E-state index in [-0.39, 0.29) is 0 Å². The summed E-state index contributed by atoms with van der Waals surface area (Å²) < 4.78 is 0. The normalized spacial score (nSPS) is 30.8. The molecule has 3 heteroatoms. The number of nitrogens with two attached hydrogens (primary N) is 1. The summed E-state index contributed by atoms with van der Waals surface area (Å²) in [4.78, 5) is 4.29. The third kappa shape index (κ3) is 2.90. The van der Waals surface area contributed by atoms with E-state index >= 15 is 0 Å². The van der Waals surface area contributed by atoms with Gasteiger partial charge in [0, 0.05) is 0 Å². The topological polar surface area (TPSA) is 50.4 Å². The number of hydrogen-bond acceptors (Lipinski definition) is 3. The van der Waals surface area contributed by atoms with Gasteiger partial charge in [0.15, 0.2) is 5.96 Å². The zero-order chi connectivity index (χ0) is 9.68. The average Bonchev–Trinajstić information content (AvgIpc) is 2.45. The monoisotopic (exact) mass is 183 g/mol. The summed E-state index contributed by atoms with van der Waals surface area (Å²) in [5.41, 5.74) is 5.53. The number of guanidine groups is 1. The lowest BCUT2D eigenvalue weighted by atomic mass is 9.92. The predicted molar refractivity (Wildman–Crippen MR) is 56.8 cm³/mol. The second-order valence-electron chi connectivity index (χ2n) is 3.82. The van der Waals surface area contributed by atoms with Crippen LogP contribution in [-0.2, 0) is 0 Å². The van der Waals surface area contributed by atoms with E-state index in [2.05, 4.69) is 24.2 Å². The molecule has 0 aromatic carbocycles. The average molecular weight is 183 g/mol. The lowest BCUT2D eigenvalue weighted by molar-refractivity contribution is 0.384. The minimum atomic E-state index is 0.494. The summed E-state index contributed by atoms with van der Waals surface area (Å²) in [7, 11) is 0. The maximum atomic E-state index is 5.53. The summed E-state index contributed by atoms with van der Waals surface area (Å²) >= 11 is 0. The van der Waals surface area contributed by atoms with Gasteiger partial charge < -0.3 is 11.1 Å². The number of hydrogen-bond donors (Lipinski definition) is 2. The molecule has 76 valence electrons. The molecule has 3 N–H and O–H groups in total. The molecular weight excluding hydrogens is 162 g/mol. The summed E-state index contributed by atoms with van der Waals surface area (Å²) in [6.07, 6.45) is 6.36. The first-order valence-corrected chi connectivity index (χ1v) is 5.37. The molecule has 1 aliphatic carbocycles. The van der Waals surface area contributed by atoms with E-state index in [9.17, 15) is 0 Å². The van der Waals surface area contributed by atoms with Gasteiger partial charge >= 0.3 is 0 Å². The molecule has 1 aliphatic heterocycles. The van der Waals surface area contributed by atoms with Crippen LogP contribution in [-0.4, -0.2) is 18.0 Å². The van der Waals surface area contributed by atoms with Gasteiger partial charge in [-0.1, -0.05) is 33.1 Å². The van der Waals surface area contributed by atoms with Crippen LogP contribution in [0, 0.1) is 0 Å². The van der Waals surface area contributed by atoms with Crippen LogP contribution in [0.15, 0.2) is 4.99 Å². The van der Waals surface area contributed by atoms with Crippen molar-refractivity contribution in [3.05, 3.63) is 0 Å². The van der Waals surface area contributed by atoms with Crippen molar-refractivity contribution in [2.45, 2.75) is 58.0 Å². The Morgan fingerprint density at radius 3 is 2.62 bits per heavy atom. The Kier molecular flexibility index (Phi) is 4.06. The van der Waals surface area contributed by atoms with Gasteiger partial charge in [0.1, 0.15) is 0 Å². The molecule has 2 aliphatic rings. The molecule has 13 heavy (non-hydrogen) atoms. The summed E-state index contributed by atoms with van der Waals surface area (Å²) in [6, 6.07) is 1.06. The smallest absolute Gasteiger partial charge is 0.189 e. The molecule has 2 atom stereocenters. The highest BCUT2D eigenvalue weighted by atomic mass is 15.2. The van der Waals surface area contributed by atoms with E-state index < -0.39 is 0 Å². The number of fused-ring (bicyclic) bond motifs is 1. The first-order valence-electron chi connectivity index (χ1n) is 5.37. The first kappa shape index (κ1) is 10.4. The molecule has 2 rings (SSSR count). The number of nitrogens with one attached hydrogen (secondary N) is 1. The van der Waals surface area contributed by atoms with E-state index in [4.69, 9.17) is 5.73 Å². The van der Waals surface area contributed by atoms with Gasteiger partial charge in [-0.05, 0) is 12.8 Å². The van der Waals surface area contributed by atoms with Crippen LogP contribution in [0.4, 0.5) is 0 Å². The van der Waals surface area contributed by atoms with E-state index in [0.29, 0.717) is 18.0 Å². The number of aliphatic imine (C=N–C) groups is 1. The fraction of sp³-hybridized carbons (Fsp3) is 0.900. The fourth-order valence-corrected chi connectivity index (χ4v) is 1.84. The zero-order valence-corrected chi connectivity index (χ0v) is 8.71. The maximum Gasteiger partial charge on any atom is 0.189 e. The van der Waals surface area contributed by atoms with Crippen LogP contribution >= 0.6 is 0 Å². The Balaban J connectivity index is 0.000000251. The minimum absolute atomic E-state index is 0.494. The van der Waals surface area contributed by atoms with E-state index in [1.807, 2.05) is 0 Å². The number of rotatable bonds is 0. The van der Waals surface area contributed by atoms with Gasteiger partial charge in [-0.3, -0.25) is 0 Å². The van der Waals surface area contributed by atoms with Crippen molar-refractivity contribution in [3.63, 3.8) is 0 Å². The lowest BCUT2D eigenvalue weighted by Crippen LogP contribution is -2.39. The Labute approximate surface area is 80.8 Å². The molecule has 3 nitrogen and oxygen atoms in total. The molecular formula is C10H21N3. The maximum absolute atomic E-state index is 5.53. The molecule has 0 aromatic heterocycles. The summed E-state index contributed by atoms with van der Waals surface area (Å²) in [6.45, 7) is 4.25. The first-order chi connectivity index (χ1) is 6.27. The molecule has 0 spiro atoms. The highest BCUT2D eigenvalue weighted by molar-refractivity contribution is 5.80. The predicted octanol–water partition coefficient (Wildman–Crippen LogP) is 1.63. The van der Waals surface area contributed by atoms with E-state index in [1.165, 1.54) is 32.1 Å². The van der Waals surface area contributed by atoms with Crippen LogP contribution in [0.1, 0.15) is 46.0 Å². The summed E-state index contributed by atoms with van der Waals surface area (Å²) in [5.74, 6) is 0.650. The lowest BCUT2D eigenvalue weighted by Gasteiger charge is -2.22. The Morgan fingerprint density at radius 2 is 2.00 bits per heavy atom. The molecule has 0 aromatic rings. The Bertz CT molecular complexity index is 177. The van der Waals surface area contributed by atoms with Crippen LogP contribution in [0.25, 0.3) is 0 Å². The molecule has 1 heterocycles. The van der Waals surface area contributed by atoms with Crippen LogP contribution < -0.4 is 11.1 Å². The van der Waals surface area contributed by atoms with Gasteiger partial charge in [0.25, 0.3) is 0 Å². The minimum Gasteiger partial charge on any atom is -0.370 e. The van der Waals surface area contributed by atoms with Gasteiger partial charge in [-0.25, -0.2) is 4.99 Å². The van der Waals surface area contributed by atoms with Crippen LogP contribution in [0.2, 0.25) is 0 Å².